The molecule has 1 aliphatic carbocycles. The molecule has 0 aromatic carbocycles. The summed E-state index contributed by atoms with van der Waals surface area (Å²) in [5, 5.41) is 7.63. The number of amidine groups is 1. The molecule has 0 amide bonds. The molecule has 2 heterocycles. The van der Waals surface area contributed by atoms with Crippen molar-refractivity contribution in [3.8, 4) is 0 Å². The van der Waals surface area contributed by atoms with Crippen LogP contribution in [0.25, 0.3) is 0 Å². The molecule has 1 aromatic rings. The van der Waals surface area contributed by atoms with Crippen LogP contribution in [0.3, 0.4) is 0 Å². The Bertz CT molecular complexity index is 473. The molecule has 1 aromatic heterocycles. The van der Waals surface area contributed by atoms with Crippen molar-refractivity contribution >= 4 is 11.7 Å². The predicted molar refractivity (Wildman–Crippen MR) is 75.3 cm³/mol. The van der Waals surface area contributed by atoms with E-state index >= 15 is 0 Å². The fourth-order valence-electron chi connectivity index (χ4n) is 3.55. The van der Waals surface area contributed by atoms with E-state index in [0.29, 0.717) is 5.69 Å². The number of hydrogen-bond donors (Lipinski definition) is 2. The summed E-state index contributed by atoms with van der Waals surface area (Å²) in [6.45, 7) is 2.06. The summed E-state index contributed by atoms with van der Waals surface area (Å²) in [6.07, 6.45) is 10.00. The van der Waals surface area contributed by atoms with Gasteiger partial charge in [-0.25, -0.2) is 9.97 Å². The third-order valence-electron chi connectivity index (χ3n) is 4.52. The van der Waals surface area contributed by atoms with Crippen LogP contribution in [-0.4, -0.2) is 28.9 Å². The Kier molecular flexibility index (Phi) is 3.36. The van der Waals surface area contributed by atoms with Crippen molar-refractivity contribution in [1.82, 2.24) is 9.97 Å². The highest BCUT2D eigenvalue weighted by Crippen LogP contribution is 2.37. The molecule has 102 valence electrons. The van der Waals surface area contributed by atoms with Crippen LogP contribution in [0.2, 0.25) is 0 Å². The van der Waals surface area contributed by atoms with E-state index in [4.69, 9.17) is 11.1 Å². The van der Waals surface area contributed by atoms with Crippen LogP contribution in [0.1, 0.15) is 37.8 Å². The standard InChI is InChI=1S/C14H21N5/c15-13(16)12-14(18-7-6-17-12)19-8-5-10-3-1-2-4-11(10)9-19/h6-7,10-11H,1-5,8-9H2,(H3,15,16). The Morgan fingerprint density at radius 2 is 1.89 bits per heavy atom. The fourth-order valence-corrected chi connectivity index (χ4v) is 3.55. The van der Waals surface area contributed by atoms with E-state index in [-0.39, 0.29) is 5.84 Å². The molecule has 5 nitrogen and oxygen atoms in total. The second-order valence-corrected chi connectivity index (χ2v) is 5.68. The highest BCUT2D eigenvalue weighted by molar-refractivity contribution is 5.97. The third kappa shape index (κ3) is 2.41. The highest BCUT2D eigenvalue weighted by atomic mass is 15.2. The quantitative estimate of drug-likeness (QED) is 0.627. The number of nitrogens with one attached hydrogen (secondary N) is 1. The van der Waals surface area contributed by atoms with Gasteiger partial charge in [-0.05, 0) is 24.7 Å². The molecule has 3 rings (SSSR count). The van der Waals surface area contributed by atoms with Crippen molar-refractivity contribution in [3.05, 3.63) is 18.1 Å². The van der Waals surface area contributed by atoms with Gasteiger partial charge in [0, 0.05) is 25.5 Å². The van der Waals surface area contributed by atoms with E-state index in [1.165, 1.54) is 32.1 Å². The number of nitrogen functional groups attached to an aromatic ring is 1. The Balaban J connectivity index is 1.81. The molecule has 3 N–H and O–H groups in total. The van der Waals surface area contributed by atoms with Crippen molar-refractivity contribution in [3.63, 3.8) is 0 Å². The molecule has 5 heteroatoms. The maximum Gasteiger partial charge on any atom is 0.158 e. The van der Waals surface area contributed by atoms with Gasteiger partial charge in [-0.2, -0.15) is 0 Å². The lowest BCUT2D eigenvalue weighted by Gasteiger charge is -2.42. The number of hydrogen-bond acceptors (Lipinski definition) is 4. The van der Waals surface area contributed by atoms with Gasteiger partial charge in [0.1, 0.15) is 11.5 Å². The lowest BCUT2D eigenvalue weighted by molar-refractivity contribution is 0.202. The normalized spacial score (nSPS) is 26.8. The van der Waals surface area contributed by atoms with Crippen molar-refractivity contribution in [2.45, 2.75) is 32.1 Å². The van der Waals surface area contributed by atoms with E-state index in [9.17, 15) is 0 Å². The first-order valence-corrected chi connectivity index (χ1v) is 7.16. The van der Waals surface area contributed by atoms with Crippen LogP contribution < -0.4 is 10.6 Å². The molecule has 1 saturated carbocycles. The molecule has 1 aliphatic heterocycles. The van der Waals surface area contributed by atoms with Crippen LogP contribution >= 0.6 is 0 Å². The molecule has 0 radical (unpaired) electrons. The van der Waals surface area contributed by atoms with E-state index in [1.807, 2.05) is 0 Å². The van der Waals surface area contributed by atoms with E-state index in [1.54, 1.807) is 12.4 Å². The molecule has 2 aliphatic rings. The lowest BCUT2D eigenvalue weighted by Crippen LogP contribution is -2.43. The monoisotopic (exact) mass is 259 g/mol. The Hall–Kier alpha value is -1.65. The van der Waals surface area contributed by atoms with Gasteiger partial charge in [0.15, 0.2) is 5.82 Å². The maximum absolute atomic E-state index is 7.63. The minimum atomic E-state index is 0.00821. The summed E-state index contributed by atoms with van der Waals surface area (Å²) in [7, 11) is 0. The van der Waals surface area contributed by atoms with Gasteiger partial charge in [0.25, 0.3) is 0 Å². The van der Waals surface area contributed by atoms with Crippen molar-refractivity contribution in [2.75, 3.05) is 18.0 Å². The summed E-state index contributed by atoms with van der Waals surface area (Å²) in [5.41, 5.74) is 6.13. The summed E-state index contributed by atoms with van der Waals surface area (Å²) < 4.78 is 0. The average molecular weight is 259 g/mol. The zero-order valence-electron chi connectivity index (χ0n) is 11.2. The van der Waals surface area contributed by atoms with Crippen molar-refractivity contribution in [2.24, 2.45) is 17.6 Å². The minimum absolute atomic E-state index is 0.00821. The smallest absolute Gasteiger partial charge is 0.158 e. The SMILES string of the molecule is N=C(N)c1nccnc1N1CCC2CCCCC2C1. The van der Waals surface area contributed by atoms with Gasteiger partial charge in [-0.3, -0.25) is 5.41 Å². The topological polar surface area (TPSA) is 78.9 Å². The highest BCUT2D eigenvalue weighted by Gasteiger charge is 2.32. The molecule has 0 bridgehead atoms. The number of anilines is 1. The van der Waals surface area contributed by atoms with Crippen molar-refractivity contribution < 1.29 is 0 Å². The van der Waals surface area contributed by atoms with Crippen LogP contribution in [0.15, 0.2) is 12.4 Å². The number of nitrogens with zero attached hydrogens (tertiary/aromatic N) is 3. The zero-order chi connectivity index (χ0) is 13.2. The van der Waals surface area contributed by atoms with E-state index in [0.717, 1.165) is 30.7 Å². The van der Waals surface area contributed by atoms with Gasteiger partial charge in [-0.15, -0.1) is 0 Å². The molecule has 2 fully saturated rings. The van der Waals surface area contributed by atoms with Crippen LogP contribution in [0.5, 0.6) is 0 Å². The molecule has 2 unspecified atom stereocenters. The first kappa shape index (κ1) is 12.4. The largest absolute Gasteiger partial charge is 0.382 e. The molecular formula is C14H21N5. The fraction of sp³-hybridized carbons (Fsp3) is 0.643. The number of piperidine rings is 1. The second kappa shape index (κ2) is 5.15. The van der Waals surface area contributed by atoms with E-state index in [2.05, 4.69) is 14.9 Å². The van der Waals surface area contributed by atoms with Crippen LogP contribution in [0, 0.1) is 17.2 Å². The van der Waals surface area contributed by atoms with E-state index < -0.39 is 0 Å². The third-order valence-corrected chi connectivity index (χ3v) is 4.52. The van der Waals surface area contributed by atoms with Gasteiger partial charge in [0.05, 0.1) is 0 Å². The number of fused-ring (bicyclic) bond motifs is 1. The first-order valence-electron chi connectivity index (χ1n) is 7.16. The van der Waals surface area contributed by atoms with Crippen molar-refractivity contribution in [1.29, 1.82) is 5.41 Å². The molecular weight excluding hydrogens is 238 g/mol. The summed E-state index contributed by atoms with van der Waals surface area (Å²) in [4.78, 5) is 10.9. The average Bonchev–Trinajstić information content (AvgIpc) is 2.46. The lowest BCUT2D eigenvalue weighted by atomic mass is 9.75. The summed E-state index contributed by atoms with van der Waals surface area (Å²) in [5.74, 6) is 2.47. The second-order valence-electron chi connectivity index (χ2n) is 5.68. The maximum atomic E-state index is 7.63. The summed E-state index contributed by atoms with van der Waals surface area (Å²) >= 11 is 0. The molecule has 19 heavy (non-hydrogen) atoms. The van der Waals surface area contributed by atoms with Gasteiger partial charge < -0.3 is 10.6 Å². The number of nitrogens with two attached hydrogens (primary N) is 1. The number of rotatable bonds is 2. The van der Waals surface area contributed by atoms with Gasteiger partial charge in [0.2, 0.25) is 0 Å². The molecule has 0 spiro atoms. The summed E-state index contributed by atoms with van der Waals surface area (Å²) in [6, 6.07) is 0. The Labute approximate surface area is 113 Å². The zero-order valence-corrected chi connectivity index (χ0v) is 11.2. The number of aromatic nitrogens is 2. The molecule has 2 atom stereocenters. The van der Waals surface area contributed by atoms with Gasteiger partial charge >= 0.3 is 0 Å². The van der Waals surface area contributed by atoms with Crippen LogP contribution in [0.4, 0.5) is 5.82 Å². The first-order chi connectivity index (χ1) is 9.25. The predicted octanol–water partition coefficient (Wildman–Crippen LogP) is 1.78. The Morgan fingerprint density at radius 1 is 1.16 bits per heavy atom. The molecule has 1 saturated heterocycles. The van der Waals surface area contributed by atoms with Crippen LogP contribution in [-0.2, 0) is 0 Å². The van der Waals surface area contributed by atoms with Gasteiger partial charge in [-0.1, -0.05) is 19.3 Å². The Morgan fingerprint density at radius 3 is 2.68 bits per heavy atom. The minimum Gasteiger partial charge on any atom is -0.382 e.